The largest absolute Gasteiger partial charge is 0.366 e. The predicted molar refractivity (Wildman–Crippen MR) is 136 cm³/mol. The number of likely N-dealkylation sites (tertiary alicyclic amines) is 1. The molecular weight excluding hydrogens is 446 g/mol. The molecule has 6 nitrogen and oxygen atoms in total. The number of aryl methyl sites for hydroxylation is 1. The maximum absolute atomic E-state index is 13.4. The Balaban J connectivity index is 1.55. The Bertz CT molecular complexity index is 1070. The summed E-state index contributed by atoms with van der Waals surface area (Å²) in [5, 5.41) is 14.4. The summed E-state index contributed by atoms with van der Waals surface area (Å²) in [5.74, 6) is 0.697. The van der Waals surface area contributed by atoms with Gasteiger partial charge in [-0.25, -0.2) is 0 Å². The fourth-order valence-electron chi connectivity index (χ4n) is 5.26. The molecule has 2 aromatic rings. The minimum atomic E-state index is -0.102. The van der Waals surface area contributed by atoms with Crippen molar-refractivity contribution in [3.05, 3.63) is 46.2 Å². The Morgan fingerprint density at radius 2 is 1.94 bits per heavy atom. The molecule has 1 aromatic carbocycles. The highest BCUT2D eigenvalue weighted by Gasteiger charge is 2.34. The van der Waals surface area contributed by atoms with E-state index in [-0.39, 0.29) is 17.4 Å². The number of halogens is 1. The molecule has 0 radical (unpaired) electrons. The van der Waals surface area contributed by atoms with E-state index in [0.29, 0.717) is 28.7 Å². The lowest BCUT2D eigenvalue weighted by atomic mass is 9.88. The predicted octanol–water partition coefficient (Wildman–Crippen LogP) is 5.54. The third-order valence-electron chi connectivity index (χ3n) is 7.34. The molecule has 1 aliphatic heterocycles. The summed E-state index contributed by atoms with van der Waals surface area (Å²) < 4.78 is 1.72. The first-order valence-corrected chi connectivity index (χ1v) is 12.8. The molecule has 2 heterocycles. The summed E-state index contributed by atoms with van der Waals surface area (Å²) in [6.07, 6.45) is 7.32. The van der Waals surface area contributed by atoms with Gasteiger partial charge in [0, 0.05) is 43.8 Å². The van der Waals surface area contributed by atoms with Gasteiger partial charge in [0.25, 0.3) is 5.91 Å². The van der Waals surface area contributed by atoms with E-state index >= 15 is 0 Å². The molecule has 1 amide bonds. The third kappa shape index (κ3) is 5.25. The Labute approximate surface area is 208 Å². The van der Waals surface area contributed by atoms with E-state index in [4.69, 9.17) is 11.6 Å². The summed E-state index contributed by atoms with van der Waals surface area (Å²) in [6.45, 7) is 8.71. The molecule has 0 bridgehead atoms. The number of nitrogens with zero attached hydrogens (tertiary/aromatic N) is 5. The number of rotatable bonds is 5. The molecule has 34 heavy (non-hydrogen) atoms. The zero-order valence-electron chi connectivity index (χ0n) is 20.9. The van der Waals surface area contributed by atoms with Crippen molar-refractivity contribution in [3.63, 3.8) is 0 Å². The average Bonchev–Trinajstić information content (AvgIpc) is 3.45. The molecular formula is C27H36ClN5O. The van der Waals surface area contributed by atoms with Crippen LogP contribution in [0.15, 0.2) is 24.3 Å². The SMILES string of the molecule is Cn1nc(C(C)(C)C)cc1C(=O)N1CCC(N(CC2CCCCC2)c2ccc(C#N)c(Cl)c2)C1. The van der Waals surface area contributed by atoms with E-state index in [1.807, 2.05) is 36.2 Å². The van der Waals surface area contributed by atoms with Crippen LogP contribution in [0.5, 0.6) is 0 Å². The Morgan fingerprint density at radius 3 is 2.56 bits per heavy atom. The van der Waals surface area contributed by atoms with E-state index in [1.54, 1.807) is 4.68 Å². The highest BCUT2D eigenvalue weighted by Crippen LogP contribution is 2.32. The van der Waals surface area contributed by atoms with Crippen LogP contribution < -0.4 is 4.90 Å². The van der Waals surface area contributed by atoms with Crippen molar-refractivity contribution in [2.24, 2.45) is 13.0 Å². The van der Waals surface area contributed by atoms with Crippen LogP contribution in [-0.2, 0) is 12.5 Å². The number of benzene rings is 1. The van der Waals surface area contributed by atoms with Crippen molar-refractivity contribution in [1.82, 2.24) is 14.7 Å². The van der Waals surface area contributed by atoms with Crippen molar-refractivity contribution >= 4 is 23.2 Å². The van der Waals surface area contributed by atoms with Crippen molar-refractivity contribution in [1.29, 1.82) is 5.26 Å². The molecule has 1 saturated carbocycles. The van der Waals surface area contributed by atoms with Crippen molar-refractivity contribution in [2.45, 2.75) is 70.8 Å². The van der Waals surface area contributed by atoms with Gasteiger partial charge in [0.05, 0.1) is 16.3 Å². The minimum absolute atomic E-state index is 0.0449. The number of aromatic nitrogens is 2. The Hall–Kier alpha value is -2.52. The maximum atomic E-state index is 13.4. The van der Waals surface area contributed by atoms with Gasteiger partial charge in [-0.2, -0.15) is 10.4 Å². The fourth-order valence-corrected chi connectivity index (χ4v) is 5.48. The first-order valence-electron chi connectivity index (χ1n) is 12.5. The Morgan fingerprint density at radius 1 is 1.21 bits per heavy atom. The van der Waals surface area contributed by atoms with Crippen molar-refractivity contribution in [2.75, 3.05) is 24.5 Å². The molecule has 1 atom stereocenters. The van der Waals surface area contributed by atoms with Crippen molar-refractivity contribution in [3.8, 4) is 6.07 Å². The second kappa shape index (κ2) is 10.00. The van der Waals surface area contributed by atoms with Crippen LogP contribution in [0.1, 0.15) is 81.0 Å². The number of nitriles is 1. The fraction of sp³-hybridized carbons (Fsp3) is 0.593. The molecule has 0 spiro atoms. The Kier molecular flexibility index (Phi) is 7.23. The summed E-state index contributed by atoms with van der Waals surface area (Å²) in [5.41, 5.74) is 3.02. The van der Waals surface area contributed by atoms with Gasteiger partial charge < -0.3 is 9.80 Å². The number of hydrogen-bond acceptors (Lipinski definition) is 4. The van der Waals surface area contributed by atoms with Crippen LogP contribution in [0, 0.1) is 17.2 Å². The zero-order chi connectivity index (χ0) is 24.5. The quantitative estimate of drug-likeness (QED) is 0.562. The van der Waals surface area contributed by atoms with E-state index in [9.17, 15) is 10.1 Å². The van der Waals surface area contributed by atoms with Gasteiger partial charge in [-0.05, 0) is 49.4 Å². The van der Waals surface area contributed by atoms with E-state index in [0.717, 1.165) is 30.9 Å². The first kappa shape index (κ1) is 24.6. The second-order valence-electron chi connectivity index (χ2n) is 10.9. The summed E-state index contributed by atoms with van der Waals surface area (Å²) in [6, 6.07) is 10.1. The second-order valence-corrected chi connectivity index (χ2v) is 11.3. The van der Waals surface area contributed by atoms with Gasteiger partial charge in [-0.3, -0.25) is 9.48 Å². The maximum Gasteiger partial charge on any atom is 0.272 e. The molecule has 182 valence electrons. The number of carbonyl (C=O) groups excluding carboxylic acids is 1. The van der Waals surface area contributed by atoms with E-state index in [1.165, 1.54) is 32.1 Å². The highest BCUT2D eigenvalue weighted by atomic mass is 35.5. The van der Waals surface area contributed by atoms with Crippen LogP contribution in [-0.4, -0.2) is 46.3 Å². The van der Waals surface area contributed by atoms with E-state index < -0.39 is 0 Å². The van der Waals surface area contributed by atoms with Gasteiger partial charge in [-0.15, -0.1) is 0 Å². The molecule has 1 aromatic heterocycles. The topological polar surface area (TPSA) is 65.2 Å². The number of anilines is 1. The normalized spacial score (nSPS) is 19.3. The molecule has 7 heteroatoms. The van der Waals surface area contributed by atoms with E-state index in [2.05, 4.69) is 36.8 Å². The summed E-state index contributed by atoms with van der Waals surface area (Å²) in [4.78, 5) is 17.8. The number of amides is 1. The lowest BCUT2D eigenvalue weighted by Crippen LogP contribution is -2.42. The monoisotopic (exact) mass is 481 g/mol. The molecule has 0 N–H and O–H groups in total. The van der Waals surface area contributed by atoms with Crippen LogP contribution in [0.3, 0.4) is 0 Å². The van der Waals surface area contributed by atoms with Crippen LogP contribution >= 0.6 is 11.6 Å². The third-order valence-corrected chi connectivity index (χ3v) is 7.66. The van der Waals surface area contributed by atoms with Gasteiger partial charge in [-0.1, -0.05) is 51.6 Å². The zero-order valence-corrected chi connectivity index (χ0v) is 21.6. The molecule has 1 unspecified atom stereocenters. The molecule has 1 aliphatic carbocycles. The van der Waals surface area contributed by atoms with Gasteiger partial charge in [0.1, 0.15) is 11.8 Å². The van der Waals surface area contributed by atoms with Gasteiger partial charge in [0.15, 0.2) is 0 Å². The summed E-state index contributed by atoms with van der Waals surface area (Å²) >= 11 is 6.42. The standard InChI is InChI=1S/C27H36ClN5O/c1-27(2,3)25-15-24(31(4)30-25)26(34)32-13-12-22(18-32)33(17-19-8-6-5-7-9-19)21-11-10-20(16-29)23(28)14-21/h10-11,14-15,19,22H,5-9,12-13,17-18H2,1-4H3. The van der Waals surface area contributed by atoms with Gasteiger partial charge >= 0.3 is 0 Å². The molecule has 2 aliphatic rings. The smallest absolute Gasteiger partial charge is 0.272 e. The summed E-state index contributed by atoms with van der Waals surface area (Å²) in [7, 11) is 1.85. The minimum Gasteiger partial charge on any atom is -0.366 e. The molecule has 2 fully saturated rings. The average molecular weight is 482 g/mol. The van der Waals surface area contributed by atoms with Gasteiger partial charge in [0.2, 0.25) is 0 Å². The number of carbonyl (C=O) groups is 1. The van der Waals surface area contributed by atoms with Crippen LogP contribution in [0.4, 0.5) is 5.69 Å². The lowest BCUT2D eigenvalue weighted by molar-refractivity contribution is 0.0779. The highest BCUT2D eigenvalue weighted by molar-refractivity contribution is 6.32. The van der Waals surface area contributed by atoms with Crippen LogP contribution in [0.25, 0.3) is 0 Å². The van der Waals surface area contributed by atoms with Crippen LogP contribution in [0.2, 0.25) is 5.02 Å². The number of hydrogen-bond donors (Lipinski definition) is 0. The van der Waals surface area contributed by atoms with Crippen molar-refractivity contribution < 1.29 is 4.79 Å². The molecule has 4 rings (SSSR count). The first-order chi connectivity index (χ1) is 16.2. The molecule has 1 saturated heterocycles. The lowest BCUT2D eigenvalue weighted by Gasteiger charge is -2.36.